The first-order valence-corrected chi connectivity index (χ1v) is 8.71. The van der Waals surface area contributed by atoms with Crippen molar-refractivity contribution in [2.75, 3.05) is 20.2 Å². The van der Waals surface area contributed by atoms with Crippen LogP contribution in [0.25, 0.3) is 0 Å². The minimum Gasteiger partial charge on any atom is -0.495 e. The van der Waals surface area contributed by atoms with Gasteiger partial charge >= 0.3 is 0 Å². The Morgan fingerprint density at radius 3 is 2.88 bits per heavy atom. The number of benzene rings is 1. The molecule has 0 aromatic heterocycles. The lowest BCUT2D eigenvalue weighted by Gasteiger charge is -2.38. The number of ether oxygens (including phenoxy) is 1. The Labute approximate surface area is 144 Å². The van der Waals surface area contributed by atoms with Crippen LogP contribution in [0.5, 0.6) is 5.75 Å². The average Bonchev–Trinajstić information content (AvgIpc) is 2.65. The highest BCUT2D eigenvalue weighted by Crippen LogP contribution is 2.22. The van der Waals surface area contributed by atoms with Gasteiger partial charge in [-0.3, -0.25) is 4.79 Å². The fraction of sp³-hybridized carbons (Fsp3) is 0.579. The maximum Gasteiger partial charge on any atom is 0.222 e. The largest absolute Gasteiger partial charge is 0.495 e. The number of hydrogen-bond acceptors (Lipinski definition) is 4. The molecule has 0 spiro atoms. The number of methoxy groups -OCH3 is 1. The summed E-state index contributed by atoms with van der Waals surface area (Å²) < 4.78 is 5.18. The molecule has 0 unspecified atom stereocenters. The molecule has 130 valence electrons. The van der Waals surface area contributed by atoms with Crippen LogP contribution < -0.4 is 10.1 Å². The summed E-state index contributed by atoms with van der Waals surface area (Å²) in [6.07, 6.45) is 2.61. The van der Waals surface area contributed by atoms with Crippen molar-refractivity contribution in [1.29, 1.82) is 5.26 Å². The third-order valence-electron chi connectivity index (χ3n) is 4.87. The number of carbonyl (C=O) groups is 1. The first-order chi connectivity index (χ1) is 11.6. The third-order valence-corrected chi connectivity index (χ3v) is 4.87. The predicted molar refractivity (Wildman–Crippen MR) is 93.6 cm³/mol. The molecule has 0 radical (unpaired) electrons. The fourth-order valence-corrected chi connectivity index (χ4v) is 3.37. The van der Waals surface area contributed by atoms with E-state index in [2.05, 4.69) is 18.3 Å². The summed E-state index contributed by atoms with van der Waals surface area (Å²) in [6.45, 7) is 6.49. The van der Waals surface area contributed by atoms with Crippen molar-refractivity contribution in [2.24, 2.45) is 5.92 Å². The zero-order valence-corrected chi connectivity index (χ0v) is 14.8. The van der Waals surface area contributed by atoms with E-state index in [0.717, 1.165) is 38.0 Å². The molecule has 1 saturated heterocycles. The van der Waals surface area contributed by atoms with Crippen LogP contribution in [0.2, 0.25) is 0 Å². The molecule has 0 aliphatic carbocycles. The van der Waals surface area contributed by atoms with E-state index in [1.54, 1.807) is 7.11 Å². The van der Waals surface area contributed by atoms with E-state index in [1.165, 1.54) is 0 Å². The number of hydrogen-bond donors (Lipinski definition) is 1. The Balaban J connectivity index is 1.96. The van der Waals surface area contributed by atoms with Gasteiger partial charge in [0.15, 0.2) is 0 Å². The van der Waals surface area contributed by atoms with E-state index in [4.69, 9.17) is 4.74 Å². The zero-order chi connectivity index (χ0) is 17.5. The van der Waals surface area contributed by atoms with Gasteiger partial charge < -0.3 is 15.0 Å². The Morgan fingerprint density at radius 2 is 2.25 bits per heavy atom. The van der Waals surface area contributed by atoms with Crippen LogP contribution >= 0.6 is 0 Å². The molecule has 24 heavy (non-hydrogen) atoms. The summed E-state index contributed by atoms with van der Waals surface area (Å²) >= 11 is 0. The smallest absolute Gasteiger partial charge is 0.222 e. The van der Waals surface area contributed by atoms with Crippen molar-refractivity contribution < 1.29 is 9.53 Å². The maximum absolute atomic E-state index is 11.9. The number of nitrogens with one attached hydrogen (secondary N) is 1. The molecule has 0 bridgehead atoms. The summed E-state index contributed by atoms with van der Waals surface area (Å²) in [5, 5.41) is 12.8. The van der Waals surface area contributed by atoms with E-state index < -0.39 is 0 Å². The highest BCUT2D eigenvalue weighted by molar-refractivity contribution is 5.75. The Kier molecular flexibility index (Phi) is 6.62. The normalized spacial score (nSPS) is 20.5. The number of nitrogens with zero attached hydrogens (tertiary/aromatic N) is 2. The van der Waals surface area contributed by atoms with Crippen molar-refractivity contribution >= 4 is 5.91 Å². The molecular weight excluding hydrogens is 302 g/mol. The minimum absolute atomic E-state index is 0.251. The van der Waals surface area contributed by atoms with Crippen LogP contribution in [0.3, 0.4) is 0 Å². The summed E-state index contributed by atoms with van der Waals surface area (Å²) in [7, 11) is 1.57. The van der Waals surface area contributed by atoms with Crippen LogP contribution in [0, 0.1) is 17.2 Å². The molecule has 5 heteroatoms. The van der Waals surface area contributed by atoms with E-state index in [0.29, 0.717) is 29.7 Å². The Morgan fingerprint density at radius 1 is 1.46 bits per heavy atom. The molecule has 1 amide bonds. The number of piperidine rings is 1. The minimum atomic E-state index is 0.251. The molecule has 2 atom stereocenters. The molecule has 1 heterocycles. The van der Waals surface area contributed by atoms with E-state index >= 15 is 0 Å². The second kappa shape index (κ2) is 8.70. The summed E-state index contributed by atoms with van der Waals surface area (Å²) in [5.41, 5.74) is 1.64. The monoisotopic (exact) mass is 329 g/mol. The predicted octanol–water partition coefficient (Wildman–Crippen LogP) is 2.69. The van der Waals surface area contributed by atoms with Gasteiger partial charge in [0.1, 0.15) is 11.8 Å². The van der Waals surface area contributed by atoms with Crippen LogP contribution in [-0.4, -0.2) is 37.0 Å². The van der Waals surface area contributed by atoms with Gasteiger partial charge in [0.05, 0.1) is 12.7 Å². The summed E-state index contributed by atoms with van der Waals surface area (Å²) in [4.78, 5) is 13.9. The number of amides is 1. The number of nitriles is 1. The van der Waals surface area contributed by atoms with Crippen molar-refractivity contribution in [3.8, 4) is 11.8 Å². The molecule has 1 fully saturated rings. The summed E-state index contributed by atoms with van der Waals surface area (Å²) in [6, 6.07) is 8.29. The topological polar surface area (TPSA) is 65.4 Å². The van der Waals surface area contributed by atoms with Gasteiger partial charge in [-0.05, 0) is 30.0 Å². The molecule has 2 rings (SSSR count). The number of carbonyl (C=O) groups excluding carboxylic acids is 1. The number of likely N-dealkylation sites (tertiary alicyclic amines) is 1. The quantitative estimate of drug-likeness (QED) is 0.871. The molecule has 1 N–H and O–H groups in total. The fourth-order valence-electron chi connectivity index (χ4n) is 3.37. The molecule has 1 aromatic rings. The van der Waals surface area contributed by atoms with Gasteiger partial charge in [0.25, 0.3) is 0 Å². The van der Waals surface area contributed by atoms with Crippen LogP contribution in [-0.2, 0) is 11.3 Å². The Hall–Kier alpha value is -2.06. The SMILES string of the molecule is CCC(=O)N1CC[C@@H](NCc2ccc(OC)c(C#N)c2)[C@H](CC)C1. The second-order valence-corrected chi connectivity index (χ2v) is 6.28. The van der Waals surface area contributed by atoms with Gasteiger partial charge in [-0.2, -0.15) is 5.26 Å². The summed E-state index contributed by atoms with van der Waals surface area (Å²) in [5.74, 6) is 1.34. The second-order valence-electron chi connectivity index (χ2n) is 6.28. The maximum atomic E-state index is 11.9. The first-order valence-electron chi connectivity index (χ1n) is 8.71. The lowest BCUT2D eigenvalue weighted by Crippen LogP contribution is -2.50. The molecule has 1 aliphatic rings. The van der Waals surface area contributed by atoms with E-state index in [9.17, 15) is 10.1 Å². The van der Waals surface area contributed by atoms with Crippen LogP contribution in [0.4, 0.5) is 0 Å². The van der Waals surface area contributed by atoms with Gasteiger partial charge in [0, 0.05) is 32.1 Å². The molecule has 1 aromatic carbocycles. The lowest BCUT2D eigenvalue weighted by atomic mass is 9.89. The van der Waals surface area contributed by atoms with Gasteiger partial charge in [-0.15, -0.1) is 0 Å². The zero-order valence-electron chi connectivity index (χ0n) is 14.8. The highest BCUT2D eigenvalue weighted by Gasteiger charge is 2.29. The van der Waals surface area contributed by atoms with Crippen LogP contribution in [0.15, 0.2) is 18.2 Å². The van der Waals surface area contributed by atoms with Gasteiger partial charge in [-0.1, -0.05) is 26.3 Å². The number of rotatable bonds is 6. The standard InChI is InChI=1S/C19H27N3O2/c1-4-15-13-22(19(23)5-2)9-8-17(15)21-12-14-6-7-18(24-3)16(10-14)11-20/h6-7,10,15,17,21H,4-5,8-9,12-13H2,1-3H3/t15-,17-/m1/s1. The van der Waals surface area contributed by atoms with Crippen molar-refractivity contribution in [2.45, 2.75) is 45.7 Å². The molecule has 5 nitrogen and oxygen atoms in total. The highest BCUT2D eigenvalue weighted by atomic mass is 16.5. The van der Waals surface area contributed by atoms with Crippen molar-refractivity contribution in [3.63, 3.8) is 0 Å². The molecular formula is C19H27N3O2. The van der Waals surface area contributed by atoms with Gasteiger partial charge in [0.2, 0.25) is 5.91 Å². The average molecular weight is 329 g/mol. The Bertz CT molecular complexity index is 609. The van der Waals surface area contributed by atoms with E-state index in [-0.39, 0.29) is 5.91 Å². The van der Waals surface area contributed by atoms with Crippen LogP contribution in [0.1, 0.15) is 44.2 Å². The van der Waals surface area contributed by atoms with Gasteiger partial charge in [-0.25, -0.2) is 0 Å². The molecule has 1 aliphatic heterocycles. The third kappa shape index (κ3) is 4.27. The molecule has 0 saturated carbocycles. The van der Waals surface area contributed by atoms with Crippen molar-refractivity contribution in [1.82, 2.24) is 10.2 Å². The van der Waals surface area contributed by atoms with Crippen molar-refractivity contribution in [3.05, 3.63) is 29.3 Å². The van der Waals surface area contributed by atoms with E-state index in [1.807, 2.05) is 30.0 Å². The first kappa shape index (κ1) is 18.3. The lowest BCUT2D eigenvalue weighted by molar-refractivity contribution is -0.133.